The number of hydrogen-bond acceptors (Lipinski definition) is 9. The van der Waals surface area contributed by atoms with Gasteiger partial charge in [-0.25, -0.2) is 0 Å². The van der Waals surface area contributed by atoms with Crippen molar-refractivity contribution >= 4 is 5.91 Å². The summed E-state index contributed by atoms with van der Waals surface area (Å²) < 4.78 is 0. The first-order chi connectivity index (χ1) is 29.7. The van der Waals surface area contributed by atoms with E-state index in [1.807, 2.05) is 0 Å². The van der Waals surface area contributed by atoms with Crippen LogP contribution in [0.3, 0.4) is 0 Å². The van der Waals surface area contributed by atoms with Crippen molar-refractivity contribution in [3.8, 4) is 0 Å². The third-order valence-electron chi connectivity index (χ3n) is 13.6. The second-order valence-corrected chi connectivity index (χ2v) is 19.2. The minimum atomic E-state index is -1.59. The van der Waals surface area contributed by atoms with E-state index in [2.05, 4.69) is 24.5 Å². The Labute approximate surface area is 375 Å². The number of carbonyl (C=O) groups is 1. The van der Waals surface area contributed by atoms with Gasteiger partial charge in [-0.2, -0.15) is 0 Å². The summed E-state index contributed by atoms with van der Waals surface area (Å²) in [6.07, 6.45) is 36.7. The molecule has 0 bridgehead atoms. The molecule has 1 fully saturated rings. The molecule has 10 heteroatoms. The smallest absolute Gasteiger partial charge is 0.220 e. The normalized spacial score (nSPS) is 22.0. The van der Waals surface area contributed by atoms with Gasteiger partial charge in [0.05, 0.1) is 37.0 Å². The van der Waals surface area contributed by atoms with E-state index in [9.17, 15) is 40.5 Å². The molecule has 1 rings (SSSR count). The van der Waals surface area contributed by atoms with Crippen molar-refractivity contribution in [3.05, 3.63) is 0 Å². The summed E-state index contributed by atoms with van der Waals surface area (Å²) in [4.78, 5) is 13.1. The van der Waals surface area contributed by atoms with Crippen molar-refractivity contribution in [3.63, 3.8) is 0 Å². The van der Waals surface area contributed by atoms with Crippen molar-refractivity contribution in [1.29, 1.82) is 0 Å². The number of carbonyl (C=O) groups excluding carboxylic acids is 1. The van der Waals surface area contributed by atoms with Crippen molar-refractivity contribution in [2.24, 2.45) is 5.92 Å². The zero-order valence-electron chi connectivity index (χ0n) is 39.8. The SMILES string of the molecule is CCCCCCCCCCCCCCCCCCCCCCCCCC(=O)N[C@@H](CN[C@@H]1[C@H](O)[C@@H](O)[C@@H](O)[C@@H](CO)[C@H]1O)[C@H](O)[C@H](O)CCCCCCCCCCCCCC. The van der Waals surface area contributed by atoms with E-state index >= 15 is 0 Å². The van der Waals surface area contributed by atoms with E-state index < -0.39 is 61.2 Å². The van der Waals surface area contributed by atoms with Crippen LogP contribution in [0, 0.1) is 5.92 Å². The van der Waals surface area contributed by atoms with Crippen LogP contribution in [-0.2, 0) is 4.79 Å². The topological polar surface area (TPSA) is 183 Å². The molecule has 10 nitrogen and oxygen atoms in total. The molecule has 9 atom stereocenters. The molecule has 0 radical (unpaired) electrons. The fraction of sp³-hybridized carbons (Fsp3) is 0.980. The lowest BCUT2D eigenvalue weighted by molar-refractivity contribution is -0.173. The minimum absolute atomic E-state index is 0.0957. The van der Waals surface area contributed by atoms with Gasteiger partial charge in [0, 0.05) is 18.9 Å². The Hall–Kier alpha value is -0.850. The number of hydrogen-bond donors (Lipinski definition) is 9. The third-order valence-corrected chi connectivity index (χ3v) is 13.6. The van der Waals surface area contributed by atoms with Gasteiger partial charge in [-0.05, 0) is 12.8 Å². The van der Waals surface area contributed by atoms with Gasteiger partial charge in [-0.1, -0.05) is 232 Å². The van der Waals surface area contributed by atoms with E-state index in [1.165, 1.54) is 180 Å². The average Bonchev–Trinajstić information content (AvgIpc) is 3.25. The van der Waals surface area contributed by atoms with Gasteiger partial charge in [0.15, 0.2) is 0 Å². The van der Waals surface area contributed by atoms with Gasteiger partial charge < -0.3 is 46.4 Å². The number of aliphatic hydroxyl groups is 7. The van der Waals surface area contributed by atoms with E-state index in [0.29, 0.717) is 12.8 Å². The van der Waals surface area contributed by atoms with Gasteiger partial charge >= 0.3 is 0 Å². The van der Waals surface area contributed by atoms with Crippen LogP contribution in [0.4, 0.5) is 0 Å². The number of aliphatic hydroxyl groups excluding tert-OH is 7. The maximum Gasteiger partial charge on any atom is 0.220 e. The maximum atomic E-state index is 13.1. The molecule has 0 unspecified atom stereocenters. The Morgan fingerprint density at radius 3 is 1.16 bits per heavy atom. The highest BCUT2D eigenvalue weighted by Crippen LogP contribution is 2.27. The summed E-state index contributed by atoms with van der Waals surface area (Å²) in [7, 11) is 0. The van der Waals surface area contributed by atoms with E-state index in [1.54, 1.807) is 0 Å². The fourth-order valence-corrected chi connectivity index (χ4v) is 9.30. The molecular weight excluding hydrogens is 769 g/mol. The van der Waals surface area contributed by atoms with Crippen molar-refractivity contribution in [2.45, 2.75) is 300 Å². The molecule has 0 saturated heterocycles. The quantitative estimate of drug-likeness (QED) is 0.0269. The van der Waals surface area contributed by atoms with Crippen LogP contribution in [0.25, 0.3) is 0 Å². The van der Waals surface area contributed by atoms with Crippen LogP contribution in [0.15, 0.2) is 0 Å². The van der Waals surface area contributed by atoms with E-state index in [-0.39, 0.29) is 12.5 Å². The van der Waals surface area contributed by atoms with Crippen molar-refractivity contribution < 1.29 is 40.5 Å². The van der Waals surface area contributed by atoms with Crippen LogP contribution in [0.2, 0.25) is 0 Å². The van der Waals surface area contributed by atoms with Crippen LogP contribution < -0.4 is 10.6 Å². The molecule has 0 spiro atoms. The molecule has 1 aliphatic rings. The van der Waals surface area contributed by atoms with Gasteiger partial charge in [0.25, 0.3) is 0 Å². The van der Waals surface area contributed by atoms with Gasteiger partial charge in [-0.15, -0.1) is 0 Å². The first-order valence-corrected chi connectivity index (χ1v) is 26.4. The van der Waals surface area contributed by atoms with Crippen LogP contribution >= 0.6 is 0 Å². The molecule has 0 aliphatic heterocycles. The van der Waals surface area contributed by atoms with Crippen molar-refractivity contribution in [1.82, 2.24) is 10.6 Å². The van der Waals surface area contributed by atoms with Crippen molar-refractivity contribution in [2.75, 3.05) is 13.2 Å². The summed E-state index contributed by atoms with van der Waals surface area (Å²) in [5.74, 6) is -1.32. The first kappa shape index (κ1) is 58.2. The average molecular weight is 871 g/mol. The number of unbranched alkanes of at least 4 members (excludes halogenated alkanes) is 33. The van der Waals surface area contributed by atoms with Crippen LogP contribution in [-0.4, -0.2) is 104 Å². The second-order valence-electron chi connectivity index (χ2n) is 19.2. The van der Waals surface area contributed by atoms with E-state index in [0.717, 1.165) is 44.9 Å². The maximum absolute atomic E-state index is 13.1. The lowest BCUT2D eigenvalue weighted by Crippen LogP contribution is -2.67. The summed E-state index contributed by atoms with van der Waals surface area (Å²) in [5, 5.41) is 79.9. The molecule has 1 amide bonds. The highest BCUT2D eigenvalue weighted by Gasteiger charge is 2.48. The monoisotopic (exact) mass is 871 g/mol. The number of nitrogens with one attached hydrogen (secondary N) is 2. The van der Waals surface area contributed by atoms with E-state index in [4.69, 9.17) is 0 Å². The molecule has 0 aromatic rings. The van der Waals surface area contributed by atoms with Gasteiger partial charge in [0.1, 0.15) is 18.3 Å². The predicted octanol–water partition coefficient (Wildman–Crippen LogP) is 9.69. The Bertz CT molecular complexity index is 961. The van der Waals surface area contributed by atoms with Crippen LogP contribution in [0.1, 0.15) is 251 Å². The highest BCUT2D eigenvalue weighted by atomic mass is 16.4. The van der Waals surface area contributed by atoms with Crippen LogP contribution in [0.5, 0.6) is 0 Å². The largest absolute Gasteiger partial charge is 0.396 e. The number of rotatable bonds is 44. The van der Waals surface area contributed by atoms with Gasteiger partial charge in [-0.3, -0.25) is 4.79 Å². The molecule has 9 N–H and O–H groups in total. The third kappa shape index (κ3) is 29.3. The zero-order valence-corrected chi connectivity index (χ0v) is 39.8. The highest BCUT2D eigenvalue weighted by molar-refractivity contribution is 5.76. The zero-order chi connectivity index (χ0) is 44.8. The summed E-state index contributed by atoms with van der Waals surface area (Å²) in [5.41, 5.74) is 0. The summed E-state index contributed by atoms with van der Waals surface area (Å²) >= 11 is 0. The second kappa shape index (κ2) is 40.6. The molecule has 364 valence electrons. The first-order valence-electron chi connectivity index (χ1n) is 26.4. The molecule has 0 aromatic carbocycles. The summed E-state index contributed by atoms with van der Waals surface area (Å²) in [6.45, 7) is 3.83. The molecule has 0 aromatic heterocycles. The molecular formula is C51H102N2O8. The Morgan fingerprint density at radius 1 is 0.459 bits per heavy atom. The molecule has 0 heterocycles. The Morgan fingerprint density at radius 2 is 0.803 bits per heavy atom. The lowest BCUT2D eigenvalue weighted by Gasteiger charge is -2.44. The Balaban J connectivity index is 2.31. The van der Waals surface area contributed by atoms with Gasteiger partial charge in [0.2, 0.25) is 5.91 Å². The standard InChI is InChI=1S/C51H102N2O8/c1-3-5-7-9-11-13-15-17-18-19-20-21-22-23-24-25-26-27-29-31-33-35-37-39-45(56)53-43(40-52-46-47(57)42(41-54)48(58)51(61)50(46)60)49(59)44(55)38-36-34-32-30-28-16-14-12-10-8-6-4-2/h42-44,46-52,54-55,57-61H,3-41H2,1-2H3,(H,53,56)/t42-,43-,44+,46-,47+,48-,49-,50-,51-/m0/s1. The molecule has 1 aliphatic carbocycles. The Kier molecular flexibility index (Phi) is 38.8. The minimum Gasteiger partial charge on any atom is -0.396 e. The summed E-state index contributed by atoms with van der Waals surface area (Å²) in [6, 6.07) is -2.04. The lowest BCUT2D eigenvalue weighted by atomic mass is 9.77. The number of amides is 1. The fourth-order valence-electron chi connectivity index (χ4n) is 9.30. The molecule has 1 saturated carbocycles. The molecule has 61 heavy (non-hydrogen) atoms. The predicted molar refractivity (Wildman–Crippen MR) is 253 cm³/mol.